The van der Waals surface area contributed by atoms with E-state index in [0.717, 1.165) is 24.8 Å². The van der Waals surface area contributed by atoms with Crippen molar-refractivity contribution in [2.24, 2.45) is 5.92 Å². The molecule has 1 aliphatic rings. The van der Waals surface area contributed by atoms with Gasteiger partial charge in [-0.2, -0.15) is 4.39 Å². The Morgan fingerprint density at radius 3 is 2.71 bits per heavy atom. The van der Waals surface area contributed by atoms with Gasteiger partial charge in [-0.3, -0.25) is 0 Å². The van der Waals surface area contributed by atoms with Crippen molar-refractivity contribution in [3.63, 3.8) is 0 Å². The zero-order valence-corrected chi connectivity index (χ0v) is 12.7. The van der Waals surface area contributed by atoms with Crippen LogP contribution in [0.3, 0.4) is 0 Å². The third kappa shape index (κ3) is 3.72. The number of halogens is 2. The molecule has 1 unspecified atom stereocenters. The number of ether oxygens (including phenoxy) is 1. The van der Waals surface area contributed by atoms with Crippen molar-refractivity contribution in [3.05, 3.63) is 47.7 Å². The Bertz CT molecular complexity index is 546. The molecule has 1 aromatic rings. The molecule has 0 aromatic heterocycles. The number of hydrogen-bond donors (Lipinski definition) is 0. The molecule has 0 radical (unpaired) electrons. The van der Waals surface area contributed by atoms with Crippen LogP contribution in [0.15, 0.2) is 30.5 Å². The van der Waals surface area contributed by atoms with E-state index in [9.17, 15) is 8.78 Å². The molecule has 0 spiro atoms. The van der Waals surface area contributed by atoms with Crippen LogP contribution in [0.4, 0.5) is 8.78 Å². The average molecular weight is 292 g/mol. The van der Waals surface area contributed by atoms with E-state index in [2.05, 4.69) is 13.0 Å². The van der Waals surface area contributed by atoms with Crippen LogP contribution in [0, 0.1) is 17.6 Å². The lowest BCUT2D eigenvalue weighted by Gasteiger charge is -2.22. The molecule has 2 rings (SSSR count). The first-order chi connectivity index (χ1) is 10.2. The zero-order valence-electron chi connectivity index (χ0n) is 12.7. The van der Waals surface area contributed by atoms with Gasteiger partial charge in [0.25, 0.3) is 0 Å². The minimum absolute atomic E-state index is 0.0744. The summed E-state index contributed by atoms with van der Waals surface area (Å²) in [5, 5.41) is 0. The van der Waals surface area contributed by atoms with Gasteiger partial charge < -0.3 is 4.74 Å². The molecule has 0 saturated carbocycles. The summed E-state index contributed by atoms with van der Waals surface area (Å²) in [4.78, 5) is 0. The van der Waals surface area contributed by atoms with Crippen LogP contribution in [0.25, 0.3) is 5.57 Å². The number of benzene rings is 1. The second-order valence-corrected chi connectivity index (χ2v) is 5.48. The molecule has 0 heterocycles. The molecule has 0 fully saturated rings. The second kappa shape index (κ2) is 7.39. The standard InChI is InChI=1S/C18H22F2O/c1-3-5-13-6-8-14(9-7-13)15-10-11-16(21-12-4-2)18(20)17(15)19/h4,8,10-13H,3,5-7,9H2,1-2H3. The molecule has 0 aliphatic heterocycles. The van der Waals surface area contributed by atoms with E-state index in [1.54, 1.807) is 19.1 Å². The summed E-state index contributed by atoms with van der Waals surface area (Å²) >= 11 is 0. The van der Waals surface area contributed by atoms with E-state index in [0.29, 0.717) is 11.5 Å². The maximum absolute atomic E-state index is 14.2. The molecule has 0 N–H and O–H groups in total. The Kier molecular flexibility index (Phi) is 5.54. The molecule has 114 valence electrons. The summed E-state index contributed by atoms with van der Waals surface area (Å²) in [5.74, 6) is -1.11. The van der Waals surface area contributed by atoms with Crippen LogP contribution in [0.5, 0.6) is 5.75 Å². The van der Waals surface area contributed by atoms with E-state index in [4.69, 9.17) is 4.74 Å². The van der Waals surface area contributed by atoms with Gasteiger partial charge in [-0.15, -0.1) is 0 Å². The van der Waals surface area contributed by atoms with Crippen LogP contribution >= 0.6 is 0 Å². The molecular weight excluding hydrogens is 270 g/mol. The van der Waals surface area contributed by atoms with Gasteiger partial charge in [0, 0.05) is 5.56 Å². The summed E-state index contributed by atoms with van der Waals surface area (Å²) in [6, 6.07) is 3.11. The molecule has 1 nitrogen and oxygen atoms in total. The van der Waals surface area contributed by atoms with Crippen molar-refractivity contribution in [3.8, 4) is 5.75 Å². The van der Waals surface area contributed by atoms with Gasteiger partial charge in [0.1, 0.15) is 0 Å². The van der Waals surface area contributed by atoms with Crippen LogP contribution in [-0.4, -0.2) is 0 Å². The highest BCUT2D eigenvalue weighted by atomic mass is 19.2. The van der Waals surface area contributed by atoms with Crippen molar-refractivity contribution in [2.45, 2.75) is 46.0 Å². The van der Waals surface area contributed by atoms with Crippen LogP contribution in [-0.2, 0) is 0 Å². The molecule has 3 heteroatoms. The SMILES string of the molecule is CC=COc1ccc(C2=CCC(CCC)CC2)c(F)c1F. The molecule has 1 aliphatic carbocycles. The highest BCUT2D eigenvalue weighted by molar-refractivity contribution is 5.67. The Balaban J connectivity index is 2.20. The normalized spacial score (nSPS) is 18.9. The molecule has 1 atom stereocenters. The summed E-state index contributed by atoms with van der Waals surface area (Å²) in [6.07, 6.45) is 10.2. The van der Waals surface area contributed by atoms with Gasteiger partial charge in [0.2, 0.25) is 5.82 Å². The van der Waals surface area contributed by atoms with Crippen molar-refractivity contribution in [1.82, 2.24) is 0 Å². The number of allylic oxidation sites excluding steroid dienone is 3. The predicted molar refractivity (Wildman–Crippen MR) is 82.0 cm³/mol. The largest absolute Gasteiger partial charge is 0.462 e. The van der Waals surface area contributed by atoms with Gasteiger partial charge in [-0.25, -0.2) is 4.39 Å². The lowest BCUT2D eigenvalue weighted by atomic mass is 9.84. The minimum Gasteiger partial charge on any atom is -0.462 e. The lowest BCUT2D eigenvalue weighted by molar-refractivity contribution is 0.412. The van der Waals surface area contributed by atoms with Crippen LogP contribution in [0.2, 0.25) is 0 Å². The molecule has 0 amide bonds. The first-order valence-corrected chi connectivity index (χ1v) is 7.62. The van der Waals surface area contributed by atoms with Crippen LogP contribution in [0.1, 0.15) is 51.5 Å². The predicted octanol–water partition coefficient (Wildman–Crippen LogP) is 5.86. The van der Waals surface area contributed by atoms with Gasteiger partial charge >= 0.3 is 0 Å². The number of hydrogen-bond acceptors (Lipinski definition) is 1. The summed E-state index contributed by atoms with van der Waals surface area (Å²) < 4.78 is 33.2. The summed E-state index contributed by atoms with van der Waals surface area (Å²) in [5.41, 5.74) is 1.28. The average Bonchev–Trinajstić information content (AvgIpc) is 2.50. The Morgan fingerprint density at radius 2 is 2.10 bits per heavy atom. The van der Waals surface area contributed by atoms with E-state index in [1.807, 2.05) is 0 Å². The minimum atomic E-state index is -0.915. The second-order valence-electron chi connectivity index (χ2n) is 5.48. The van der Waals surface area contributed by atoms with Gasteiger partial charge in [-0.05, 0) is 49.8 Å². The first-order valence-electron chi connectivity index (χ1n) is 7.62. The fourth-order valence-electron chi connectivity index (χ4n) is 2.82. The molecular formula is C18H22F2O. The van der Waals surface area contributed by atoms with Gasteiger partial charge in [0.15, 0.2) is 11.6 Å². The van der Waals surface area contributed by atoms with E-state index < -0.39 is 11.6 Å². The third-order valence-corrected chi connectivity index (χ3v) is 3.94. The molecule has 0 saturated heterocycles. The topological polar surface area (TPSA) is 9.23 Å². The molecule has 0 bridgehead atoms. The summed E-state index contributed by atoms with van der Waals surface area (Å²) in [7, 11) is 0. The highest BCUT2D eigenvalue weighted by Gasteiger charge is 2.20. The van der Waals surface area contributed by atoms with Crippen molar-refractivity contribution in [2.75, 3.05) is 0 Å². The van der Waals surface area contributed by atoms with Crippen LogP contribution < -0.4 is 4.74 Å². The summed E-state index contributed by atoms with van der Waals surface area (Å²) in [6.45, 7) is 3.93. The fraction of sp³-hybridized carbons (Fsp3) is 0.444. The lowest BCUT2D eigenvalue weighted by Crippen LogP contribution is -2.06. The van der Waals surface area contributed by atoms with Crippen molar-refractivity contribution < 1.29 is 13.5 Å². The van der Waals surface area contributed by atoms with Gasteiger partial charge in [0.05, 0.1) is 6.26 Å². The zero-order chi connectivity index (χ0) is 15.2. The number of rotatable bonds is 5. The molecule has 21 heavy (non-hydrogen) atoms. The maximum atomic E-state index is 14.2. The first kappa shape index (κ1) is 15.7. The fourth-order valence-corrected chi connectivity index (χ4v) is 2.82. The highest BCUT2D eigenvalue weighted by Crippen LogP contribution is 2.35. The Morgan fingerprint density at radius 1 is 1.29 bits per heavy atom. The van der Waals surface area contributed by atoms with Crippen molar-refractivity contribution in [1.29, 1.82) is 0 Å². The van der Waals surface area contributed by atoms with E-state index >= 15 is 0 Å². The van der Waals surface area contributed by atoms with E-state index in [1.165, 1.54) is 25.2 Å². The smallest absolute Gasteiger partial charge is 0.201 e. The maximum Gasteiger partial charge on any atom is 0.201 e. The third-order valence-electron chi connectivity index (χ3n) is 3.94. The van der Waals surface area contributed by atoms with Gasteiger partial charge in [-0.1, -0.05) is 31.9 Å². The van der Waals surface area contributed by atoms with Crippen molar-refractivity contribution >= 4 is 5.57 Å². The Labute approximate surface area is 125 Å². The van der Waals surface area contributed by atoms with E-state index in [-0.39, 0.29) is 5.75 Å². The Hall–Kier alpha value is -1.64. The quantitative estimate of drug-likeness (QED) is 0.617. The monoisotopic (exact) mass is 292 g/mol. The molecule has 1 aromatic carbocycles.